The Morgan fingerprint density at radius 3 is 2.50 bits per heavy atom. The number of hydrogen-bond donors (Lipinski definition) is 3. The Labute approximate surface area is 129 Å². The molecule has 3 atom stereocenters. The predicted octanol–water partition coefficient (Wildman–Crippen LogP) is 0.648. The number of amides is 2. The van der Waals surface area contributed by atoms with Crippen LogP contribution in [0.3, 0.4) is 0 Å². The van der Waals surface area contributed by atoms with Crippen LogP contribution in [0.25, 0.3) is 0 Å². The van der Waals surface area contributed by atoms with Gasteiger partial charge in [0.15, 0.2) is 6.10 Å². The van der Waals surface area contributed by atoms with Crippen LogP contribution >= 0.6 is 0 Å². The van der Waals surface area contributed by atoms with Crippen molar-refractivity contribution in [2.45, 2.75) is 64.3 Å². The van der Waals surface area contributed by atoms with Gasteiger partial charge in [-0.2, -0.15) is 0 Å². The van der Waals surface area contributed by atoms with Crippen LogP contribution < -0.4 is 10.6 Å². The van der Waals surface area contributed by atoms with Crippen molar-refractivity contribution < 1.29 is 29.0 Å². The molecule has 1 rings (SSSR count). The monoisotopic (exact) mass is 316 g/mol. The molecule has 0 aromatic carbocycles. The minimum atomic E-state index is -1.14. The van der Waals surface area contributed by atoms with Gasteiger partial charge in [0.25, 0.3) is 5.91 Å². The molecule has 0 aromatic rings. The molecule has 3 N–H and O–H groups in total. The van der Waals surface area contributed by atoms with E-state index in [1.807, 2.05) is 0 Å². The van der Waals surface area contributed by atoms with Gasteiger partial charge in [0.2, 0.25) is 0 Å². The summed E-state index contributed by atoms with van der Waals surface area (Å²) in [6.07, 6.45) is -0.313. The van der Waals surface area contributed by atoms with Crippen molar-refractivity contribution in [1.82, 2.24) is 10.6 Å². The third-order valence-corrected chi connectivity index (χ3v) is 3.01. The number of carboxylic acids is 1. The fourth-order valence-corrected chi connectivity index (χ4v) is 2.00. The highest BCUT2D eigenvalue weighted by atomic mass is 16.6. The van der Waals surface area contributed by atoms with Crippen LogP contribution in [-0.4, -0.2) is 53.5 Å². The molecule has 1 saturated heterocycles. The number of rotatable bonds is 4. The second kappa shape index (κ2) is 7.44. The number of hydrogen-bond acceptors (Lipinski definition) is 5. The summed E-state index contributed by atoms with van der Waals surface area (Å²) in [5.74, 6) is -1.70. The number of alkyl carbamates (subject to hydrolysis) is 1. The molecule has 8 heteroatoms. The maximum atomic E-state index is 12.1. The Balaban J connectivity index is 2.65. The smallest absolute Gasteiger partial charge is 0.407 e. The van der Waals surface area contributed by atoms with E-state index >= 15 is 0 Å². The molecule has 1 aliphatic rings. The van der Waals surface area contributed by atoms with Crippen molar-refractivity contribution in [3.05, 3.63) is 0 Å². The van der Waals surface area contributed by atoms with Crippen LogP contribution in [0.4, 0.5) is 4.79 Å². The second-order valence-electron chi connectivity index (χ2n) is 6.25. The minimum absolute atomic E-state index is 0.381. The van der Waals surface area contributed by atoms with Crippen molar-refractivity contribution >= 4 is 18.0 Å². The molecule has 0 aromatic heterocycles. The van der Waals surface area contributed by atoms with Gasteiger partial charge in [0, 0.05) is 6.61 Å². The Morgan fingerprint density at radius 2 is 1.95 bits per heavy atom. The van der Waals surface area contributed by atoms with Crippen LogP contribution in [0, 0.1) is 0 Å². The Hall–Kier alpha value is -1.83. The van der Waals surface area contributed by atoms with Gasteiger partial charge >= 0.3 is 12.1 Å². The van der Waals surface area contributed by atoms with Crippen molar-refractivity contribution in [3.63, 3.8) is 0 Å². The molecule has 1 fully saturated rings. The van der Waals surface area contributed by atoms with E-state index in [9.17, 15) is 14.4 Å². The van der Waals surface area contributed by atoms with E-state index in [-0.39, 0.29) is 0 Å². The first-order valence-corrected chi connectivity index (χ1v) is 7.24. The molecule has 2 amide bonds. The lowest BCUT2D eigenvalue weighted by molar-refractivity contribution is -0.145. The lowest BCUT2D eigenvalue weighted by Gasteiger charge is -2.32. The van der Waals surface area contributed by atoms with Crippen molar-refractivity contribution in [3.8, 4) is 0 Å². The largest absolute Gasteiger partial charge is 0.480 e. The maximum Gasteiger partial charge on any atom is 0.407 e. The Kier molecular flexibility index (Phi) is 6.16. The molecule has 0 radical (unpaired) electrons. The molecule has 0 aliphatic carbocycles. The average molecular weight is 316 g/mol. The van der Waals surface area contributed by atoms with Crippen LogP contribution in [0.5, 0.6) is 0 Å². The van der Waals surface area contributed by atoms with Gasteiger partial charge in [-0.25, -0.2) is 4.79 Å². The molecular formula is C14H24N2O6. The van der Waals surface area contributed by atoms with Gasteiger partial charge in [0.05, 0.1) is 6.04 Å². The maximum absolute atomic E-state index is 12.1. The third-order valence-electron chi connectivity index (χ3n) is 3.01. The number of carbonyl (C=O) groups is 3. The lowest BCUT2D eigenvalue weighted by atomic mass is 10.0. The molecular weight excluding hydrogens is 292 g/mol. The highest BCUT2D eigenvalue weighted by Gasteiger charge is 2.35. The van der Waals surface area contributed by atoms with Crippen molar-refractivity contribution in [1.29, 1.82) is 0 Å². The predicted molar refractivity (Wildman–Crippen MR) is 77.4 cm³/mol. The van der Waals surface area contributed by atoms with Gasteiger partial charge < -0.3 is 25.2 Å². The quantitative estimate of drug-likeness (QED) is 0.701. The highest BCUT2D eigenvalue weighted by Crippen LogP contribution is 2.16. The van der Waals surface area contributed by atoms with Gasteiger partial charge in [0.1, 0.15) is 11.6 Å². The van der Waals surface area contributed by atoms with E-state index in [1.54, 1.807) is 20.8 Å². The molecule has 0 unspecified atom stereocenters. The van der Waals surface area contributed by atoms with E-state index in [0.29, 0.717) is 19.4 Å². The summed E-state index contributed by atoms with van der Waals surface area (Å²) >= 11 is 0. The average Bonchev–Trinajstić information content (AvgIpc) is 2.36. The fraction of sp³-hybridized carbons (Fsp3) is 0.786. The molecule has 126 valence electrons. The van der Waals surface area contributed by atoms with Gasteiger partial charge in [-0.05, 0) is 40.5 Å². The van der Waals surface area contributed by atoms with Gasteiger partial charge in [-0.1, -0.05) is 0 Å². The van der Waals surface area contributed by atoms with Crippen molar-refractivity contribution in [2.24, 2.45) is 0 Å². The van der Waals surface area contributed by atoms with Crippen molar-refractivity contribution in [2.75, 3.05) is 6.61 Å². The van der Waals surface area contributed by atoms with Crippen LogP contribution in [-0.2, 0) is 19.1 Å². The summed E-state index contributed by atoms with van der Waals surface area (Å²) < 4.78 is 10.5. The number of carboxylic acid groups (broad SMARTS) is 1. The van der Waals surface area contributed by atoms with Crippen LogP contribution in [0.2, 0.25) is 0 Å². The minimum Gasteiger partial charge on any atom is -0.480 e. The molecule has 0 bridgehead atoms. The number of carbonyl (C=O) groups excluding carboxylic acids is 2. The summed E-state index contributed by atoms with van der Waals surface area (Å²) in [5, 5.41) is 13.8. The first kappa shape index (κ1) is 18.2. The first-order valence-electron chi connectivity index (χ1n) is 7.24. The van der Waals surface area contributed by atoms with E-state index < -0.39 is 41.8 Å². The zero-order chi connectivity index (χ0) is 16.9. The molecule has 1 heterocycles. The summed E-state index contributed by atoms with van der Waals surface area (Å²) in [7, 11) is 0. The van der Waals surface area contributed by atoms with Crippen LogP contribution in [0.15, 0.2) is 0 Å². The van der Waals surface area contributed by atoms with Crippen LogP contribution in [0.1, 0.15) is 40.5 Å². The van der Waals surface area contributed by atoms with E-state index in [0.717, 1.165) is 0 Å². The zero-order valence-corrected chi connectivity index (χ0v) is 13.3. The SMILES string of the molecule is C[C@@H](NC(=O)[C@H]1OCCC[C@@H]1NC(=O)OC(C)(C)C)C(=O)O. The summed E-state index contributed by atoms with van der Waals surface area (Å²) in [4.78, 5) is 34.7. The topological polar surface area (TPSA) is 114 Å². The summed E-state index contributed by atoms with van der Waals surface area (Å²) in [6.45, 7) is 6.96. The van der Waals surface area contributed by atoms with E-state index in [2.05, 4.69) is 10.6 Å². The van der Waals surface area contributed by atoms with Gasteiger partial charge in [-0.3, -0.25) is 9.59 Å². The first-order chi connectivity index (χ1) is 10.1. The Bertz CT molecular complexity index is 432. The van der Waals surface area contributed by atoms with E-state index in [4.69, 9.17) is 14.6 Å². The second-order valence-corrected chi connectivity index (χ2v) is 6.25. The number of nitrogens with one attached hydrogen (secondary N) is 2. The zero-order valence-electron chi connectivity index (χ0n) is 13.3. The fourth-order valence-electron chi connectivity index (χ4n) is 2.00. The van der Waals surface area contributed by atoms with E-state index in [1.165, 1.54) is 6.92 Å². The summed E-state index contributed by atoms with van der Waals surface area (Å²) in [5.41, 5.74) is -0.644. The lowest BCUT2D eigenvalue weighted by Crippen LogP contribution is -2.56. The highest BCUT2D eigenvalue weighted by molar-refractivity contribution is 5.87. The van der Waals surface area contributed by atoms with Gasteiger partial charge in [-0.15, -0.1) is 0 Å². The molecule has 1 aliphatic heterocycles. The number of aliphatic carboxylic acids is 1. The normalized spacial score (nSPS) is 23.3. The molecule has 0 spiro atoms. The Morgan fingerprint density at radius 1 is 1.32 bits per heavy atom. The third kappa shape index (κ3) is 5.88. The molecule has 0 saturated carbocycles. The molecule has 22 heavy (non-hydrogen) atoms. The summed E-state index contributed by atoms with van der Waals surface area (Å²) in [6, 6.07) is -1.58. The number of ether oxygens (including phenoxy) is 2. The standard InChI is InChI=1S/C14H24N2O6/c1-8(12(18)19)15-11(17)10-9(6-5-7-21-10)16-13(20)22-14(2,3)4/h8-10H,5-7H2,1-4H3,(H,15,17)(H,16,20)(H,18,19)/t8-,9+,10+/m1/s1. The molecule has 8 nitrogen and oxygen atoms in total.